The van der Waals surface area contributed by atoms with Crippen LogP contribution in [0.5, 0.6) is 11.5 Å². The quantitative estimate of drug-likeness (QED) is 0.523. The van der Waals surface area contributed by atoms with Crippen LogP contribution in [0.3, 0.4) is 0 Å². The van der Waals surface area contributed by atoms with Crippen LogP contribution in [0.25, 0.3) is 5.57 Å². The van der Waals surface area contributed by atoms with Gasteiger partial charge in [0, 0.05) is 21.7 Å². The number of nitrogens with zero attached hydrogens (tertiary/aromatic N) is 1. The average molecular weight is 455 g/mol. The number of nitrogens with one attached hydrogen (secondary N) is 1. The lowest BCUT2D eigenvalue weighted by Gasteiger charge is -2.17. The van der Waals surface area contributed by atoms with Crippen molar-refractivity contribution >= 4 is 51.7 Å². The van der Waals surface area contributed by atoms with Crippen LogP contribution < -0.4 is 19.7 Å². The number of anilines is 2. The summed E-state index contributed by atoms with van der Waals surface area (Å²) in [5.41, 5.74) is 2.49. The second-order valence-electron chi connectivity index (χ2n) is 6.80. The molecular formula is C23H19ClN2O4S. The molecule has 0 spiro atoms. The first-order valence-corrected chi connectivity index (χ1v) is 10.6. The van der Waals surface area contributed by atoms with Crippen LogP contribution in [0.4, 0.5) is 11.4 Å². The number of ether oxygens (including phenoxy) is 2. The molecule has 8 heteroatoms. The van der Waals surface area contributed by atoms with Crippen molar-refractivity contribution in [1.82, 2.24) is 0 Å². The number of amides is 2. The molecule has 2 aromatic carbocycles. The van der Waals surface area contributed by atoms with E-state index in [9.17, 15) is 9.59 Å². The normalized spacial score (nSPS) is 13.7. The van der Waals surface area contributed by atoms with E-state index in [-0.39, 0.29) is 5.70 Å². The Bertz CT molecular complexity index is 1200. The molecule has 0 aliphatic carbocycles. The zero-order valence-corrected chi connectivity index (χ0v) is 18.6. The van der Waals surface area contributed by atoms with Gasteiger partial charge in [0.1, 0.15) is 5.70 Å². The smallest absolute Gasteiger partial charge is 0.282 e. The van der Waals surface area contributed by atoms with Crippen LogP contribution in [-0.4, -0.2) is 26.0 Å². The molecule has 0 bridgehead atoms. The minimum absolute atomic E-state index is 0.215. The summed E-state index contributed by atoms with van der Waals surface area (Å²) in [5.74, 6) is 0.0731. The first kappa shape index (κ1) is 21.0. The molecule has 0 saturated heterocycles. The molecule has 0 radical (unpaired) electrons. The highest BCUT2D eigenvalue weighted by Gasteiger charge is 2.41. The molecule has 1 aliphatic rings. The molecule has 6 nitrogen and oxygen atoms in total. The van der Waals surface area contributed by atoms with Gasteiger partial charge in [-0.05, 0) is 54.3 Å². The highest BCUT2D eigenvalue weighted by molar-refractivity contribution is 7.11. The molecule has 2 amide bonds. The summed E-state index contributed by atoms with van der Waals surface area (Å²) >= 11 is 7.46. The predicted octanol–water partition coefficient (Wildman–Crippen LogP) is 5.12. The summed E-state index contributed by atoms with van der Waals surface area (Å²) in [6, 6.07) is 13.9. The van der Waals surface area contributed by atoms with Gasteiger partial charge in [-0.3, -0.25) is 9.59 Å². The van der Waals surface area contributed by atoms with Gasteiger partial charge in [-0.25, -0.2) is 4.90 Å². The van der Waals surface area contributed by atoms with E-state index in [0.29, 0.717) is 38.3 Å². The summed E-state index contributed by atoms with van der Waals surface area (Å²) < 4.78 is 10.6. The fourth-order valence-corrected chi connectivity index (χ4v) is 4.39. The molecule has 2 heterocycles. The molecule has 0 unspecified atom stereocenters. The van der Waals surface area contributed by atoms with E-state index in [4.69, 9.17) is 21.1 Å². The van der Waals surface area contributed by atoms with E-state index in [1.54, 1.807) is 36.4 Å². The molecule has 3 aromatic rings. The molecule has 1 aromatic heterocycles. The third-order valence-corrected chi connectivity index (χ3v) is 6.05. The topological polar surface area (TPSA) is 67.9 Å². The Hall–Kier alpha value is -3.29. The standard InChI is InChI=1S/C23H19ClN2O4S/c1-13-11-14(24)6-8-16(13)25-21-20(19-5-4-10-31-19)22(27)26(23(21)28)15-7-9-17(29-2)18(12-15)30-3/h4-12,25H,1-3H3. The summed E-state index contributed by atoms with van der Waals surface area (Å²) in [4.78, 5) is 28.7. The van der Waals surface area contributed by atoms with Crippen molar-refractivity contribution in [2.24, 2.45) is 0 Å². The Labute approximate surface area is 188 Å². The van der Waals surface area contributed by atoms with Gasteiger partial charge in [0.2, 0.25) is 0 Å². The lowest BCUT2D eigenvalue weighted by molar-refractivity contribution is -0.120. The number of rotatable bonds is 6. The van der Waals surface area contributed by atoms with Crippen LogP contribution in [0, 0.1) is 6.92 Å². The van der Waals surface area contributed by atoms with Crippen LogP contribution in [-0.2, 0) is 9.59 Å². The van der Waals surface area contributed by atoms with E-state index in [0.717, 1.165) is 10.5 Å². The number of hydrogen-bond donors (Lipinski definition) is 1. The average Bonchev–Trinajstić information content (AvgIpc) is 3.36. The Morgan fingerprint density at radius 2 is 1.74 bits per heavy atom. The van der Waals surface area contributed by atoms with Gasteiger partial charge in [0.05, 0.1) is 25.5 Å². The first-order chi connectivity index (χ1) is 14.9. The maximum absolute atomic E-state index is 13.4. The van der Waals surface area contributed by atoms with Gasteiger partial charge in [0.15, 0.2) is 11.5 Å². The highest BCUT2D eigenvalue weighted by Crippen LogP contribution is 2.39. The fourth-order valence-electron chi connectivity index (χ4n) is 3.40. The van der Waals surface area contributed by atoms with E-state index in [2.05, 4.69) is 5.32 Å². The molecule has 0 atom stereocenters. The lowest BCUT2D eigenvalue weighted by Crippen LogP contribution is -2.32. The number of carbonyl (C=O) groups is 2. The number of thiophene rings is 1. The molecule has 1 N–H and O–H groups in total. The molecule has 31 heavy (non-hydrogen) atoms. The second kappa shape index (κ2) is 8.45. The summed E-state index contributed by atoms with van der Waals surface area (Å²) in [7, 11) is 3.03. The van der Waals surface area contributed by atoms with Crippen molar-refractivity contribution in [1.29, 1.82) is 0 Å². The SMILES string of the molecule is COc1ccc(N2C(=O)C(Nc3ccc(Cl)cc3C)=C(c3cccs3)C2=O)cc1OC. The lowest BCUT2D eigenvalue weighted by atomic mass is 10.1. The van der Waals surface area contributed by atoms with Crippen molar-refractivity contribution < 1.29 is 19.1 Å². The molecule has 0 saturated carbocycles. The number of hydrogen-bond acceptors (Lipinski definition) is 6. The largest absolute Gasteiger partial charge is 0.493 e. The molecule has 158 valence electrons. The van der Waals surface area contributed by atoms with Crippen LogP contribution in [0.1, 0.15) is 10.4 Å². The van der Waals surface area contributed by atoms with Crippen LogP contribution in [0.2, 0.25) is 5.02 Å². The summed E-state index contributed by atoms with van der Waals surface area (Å²) in [6.45, 7) is 1.88. The summed E-state index contributed by atoms with van der Waals surface area (Å²) in [6.07, 6.45) is 0. The van der Waals surface area contributed by atoms with Crippen molar-refractivity contribution in [3.8, 4) is 11.5 Å². The van der Waals surface area contributed by atoms with E-state index >= 15 is 0 Å². The van der Waals surface area contributed by atoms with Gasteiger partial charge in [-0.1, -0.05) is 17.7 Å². The minimum Gasteiger partial charge on any atom is -0.493 e. The van der Waals surface area contributed by atoms with E-state index < -0.39 is 11.8 Å². The van der Waals surface area contributed by atoms with Crippen molar-refractivity contribution in [2.75, 3.05) is 24.4 Å². The van der Waals surface area contributed by atoms with Gasteiger partial charge in [-0.2, -0.15) is 0 Å². The van der Waals surface area contributed by atoms with E-state index in [1.807, 2.05) is 24.4 Å². The van der Waals surface area contributed by atoms with Crippen molar-refractivity contribution in [2.45, 2.75) is 6.92 Å². The number of imide groups is 1. The fraction of sp³-hybridized carbons (Fsp3) is 0.130. The number of halogens is 1. The molecular weight excluding hydrogens is 436 g/mol. The third kappa shape index (κ3) is 3.78. The van der Waals surface area contributed by atoms with Crippen LogP contribution >= 0.6 is 22.9 Å². The maximum atomic E-state index is 13.4. The monoisotopic (exact) mass is 454 g/mol. The van der Waals surface area contributed by atoms with Crippen LogP contribution in [0.15, 0.2) is 59.6 Å². The van der Waals surface area contributed by atoms with Gasteiger partial charge < -0.3 is 14.8 Å². The highest BCUT2D eigenvalue weighted by atomic mass is 35.5. The third-order valence-electron chi connectivity index (χ3n) is 4.92. The van der Waals surface area contributed by atoms with Crippen molar-refractivity contribution in [3.05, 3.63) is 75.1 Å². The van der Waals surface area contributed by atoms with Gasteiger partial charge in [-0.15, -0.1) is 11.3 Å². The van der Waals surface area contributed by atoms with Gasteiger partial charge in [0.25, 0.3) is 11.8 Å². The number of benzene rings is 2. The summed E-state index contributed by atoms with van der Waals surface area (Å²) in [5, 5.41) is 5.62. The zero-order chi connectivity index (χ0) is 22.1. The Balaban J connectivity index is 1.80. The first-order valence-electron chi connectivity index (χ1n) is 9.36. The molecule has 0 fully saturated rings. The number of methoxy groups -OCH3 is 2. The van der Waals surface area contributed by atoms with Gasteiger partial charge >= 0.3 is 0 Å². The van der Waals surface area contributed by atoms with E-state index in [1.165, 1.54) is 25.6 Å². The Morgan fingerprint density at radius 3 is 2.39 bits per heavy atom. The van der Waals surface area contributed by atoms with Crippen molar-refractivity contribution in [3.63, 3.8) is 0 Å². The number of carbonyl (C=O) groups excluding carboxylic acids is 2. The maximum Gasteiger partial charge on any atom is 0.282 e. The number of aryl methyl sites for hydroxylation is 1. The minimum atomic E-state index is -0.449. The molecule has 1 aliphatic heterocycles. The Kier molecular flexibility index (Phi) is 5.71. The second-order valence-corrected chi connectivity index (χ2v) is 8.18. The molecule has 4 rings (SSSR count). The zero-order valence-electron chi connectivity index (χ0n) is 17.1. The Morgan fingerprint density at radius 1 is 0.968 bits per heavy atom. The predicted molar refractivity (Wildman–Crippen MR) is 123 cm³/mol.